The van der Waals surface area contributed by atoms with E-state index in [2.05, 4.69) is 21.3 Å². The fraction of sp³-hybridized carbons (Fsp3) is 0.412. The molecule has 1 N–H and O–H groups in total. The van der Waals surface area contributed by atoms with Crippen molar-refractivity contribution in [3.63, 3.8) is 0 Å². The predicted molar refractivity (Wildman–Crippen MR) is 95.9 cm³/mol. The number of ether oxygens (including phenoxy) is 1. The largest absolute Gasteiger partial charge is 0.497 e. The van der Waals surface area contributed by atoms with Gasteiger partial charge in [-0.1, -0.05) is 6.07 Å². The number of rotatable bonds is 4. The van der Waals surface area contributed by atoms with Gasteiger partial charge >= 0.3 is 6.03 Å². The Hall–Kier alpha value is -2.28. The number of piperazine rings is 1. The van der Waals surface area contributed by atoms with E-state index in [1.54, 1.807) is 18.4 Å². The number of hydrogen-bond acceptors (Lipinski definition) is 5. The first-order chi connectivity index (χ1) is 11.7. The van der Waals surface area contributed by atoms with Crippen molar-refractivity contribution in [3.8, 4) is 5.75 Å². The molecule has 128 valence electrons. The molecule has 3 rings (SSSR count). The minimum atomic E-state index is -0.0223. The highest BCUT2D eigenvalue weighted by atomic mass is 32.1. The number of hydrogen-bond donors (Lipinski definition) is 1. The summed E-state index contributed by atoms with van der Waals surface area (Å²) < 4.78 is 5.27. The van der Waals surface area contributed by atoms with E-state index in [0.29, 0.717) is 19.6 Å². The number of aryl methyl sites for hydroxylation is 1. The van der Waals surface area contributed by atoms with E-state index in [0.717, 1.165) is 35.2 Å². The van der Waals surface area contributed by atoms with E-state index in [-0.39, 0.29) is 6.03 Å². The Labute approximate surface area is 146 Å². The second-order valence-corrected chi connectivity index (χ2v) is 6.75. The first kappa shape index (κ1) is 16.6. The average Bonchev–Trinajstić information content (AvgIpc) is 3.05. The molecule has 1 aromatic heterocycles. The zero-order chi connectivity index (χ0) is 16.9. The Balaban J connectivity index is 1.49. The normalized spacial score (nSPS) is 14.6. The fourth-order valence-corrected chi connectivity index (χ4v) is 3.35. The first-order valence-electron chi connectivity index (χ1n) is 7.98. The molecule has 0 bridgehead atoms. The Morgan fingerprint density at radius 2 is 2.12 bits per heavy atom. The van der Waals surface area contributed by atoms with Crippen molar-refractivity contribution in [2.45, 2.75) is 13.5 Å². The zero-order valence-electron chi connectivity index (χ0n) is 14.0. The van der Waals surface area contributed by atoms with Gasteiger partial charge < -0.3 is 19.9 Å². The first-order valence-corrected chi connectivity index (χ1v) is 8.86. The minimum Gasteiger partial charge on any atom is -0.497 e. The average molecular weight is 346 g/mol. The predicted octanol–water partition coefficient (Wildman–Crippen LogP) is 2.49. The Morgan fingerprint density at radius 3 is 2.79 bits per heavy atom. The van der Waals surface area contributed by atoms with E-state index in [4.69, 9.17) is 4.74 Å². The number of aromatic nitrogens is 1. The lowest BCUT2D eigenvalue weighted by atomic mass is 10.2. The molecular weight excluding hydrogens is 324 g/mol. The molecule has 1 aliphatic heterocycles. The molecule has 0 spiro atoms. The number of thiazole rings is 1. The molecule has 7 heteroatoms. The third-order valence-electron chi connectivity index (χ3n) is 4.07. The molecular formula is C17H22N4O2S. The molecule has 1 aliphatic rings. The van der Waals surface area contributed by atoms with E-state index in [1.807, 2.05) is 35.4 Å². The van der Waals surface area contributed by atoms with E-state index >= 15 is 0 Å². The minimum absolute atomic E-state index is 0.0223. The quantitative estimate of drug-likeness (QED) is 0.924. The smallest absolute Gasteiger partial charge is 0.317 e. The lowest BCUT2D eigenvalue weighted by Crippen LogP contribution is -2.51. The van der Waals surface area contributed by atoms with Gasteiger partial charge in [0.2, 0.25) is 0 Å². The molecule has 0 saturated carbocycles. The summed E-state index contributed by atoms with van der Waals surface area (Å²) in [4.78, 5) is 20.8. The van der Waals surface area contributed by atoms with Crippen molar-refractivity contribution >= 4 is 23.1 Å². The number of methoxy groups -OCH3 is 1. The van der Waals surface area contributed by atoms with Crippen molar-refractivity contribution in [1.82, 2.24) is 15.2 Å². The number of benzene rings is 1. The zero-order valence-corrected chi connectivity index (χ0v) is 14.8. The molecule has 1 fully saturated rings. The summed E-state index contributed by atoms with van der Waals surface area (Å²) in [6.45, 7) is 5.50. The SMILES string of the molecule is COc1cccc(N2CCN(C(=O)NCc3csc(C)n3)CC2)c1. The number of nitrogens with zero attached hydrogens (tertiary/aromatic N) is 3. The van der Waals surface area contributed by atoms with Crippen LogP contribution in [0.25, 0.3) is 0 Å². The number of carbonyl (C=O) groups excluding carboxylic acids is 1. The summed E-state index contributed by atoms with van der Waals surface area (Å²) >= 11 is 1.60. The highest BCUT2D eigenvalue weighted by Crippen LogP contribution is 2.22. The summed E-state index contributed by atoms with van der Waals surface area (Å²) in [5.41, 5.74) is 2.05. The molecule has 0 atom stereocenters. The molecule has 0 radical (unpaired) electrons. The fourth-order valence-electron chi connectivity index (χ4n) is 2.74. The summed E-state index contributed by atoms with van der Waals surface area (Å²) in [5, 5.41) is 5.95. The van der Waals surface area contributed by atoms with E-state index < -0.39 is 0 Å². The van der Waals surface area contributed by atoms with Gasteiger partial charge in [0.25, 0.3) is 0 Å². The molecule has 1 aromatic carbocycles. The molecule has 2 heterocycles. The standard InChI is InChI=1S/C17H22N4O2S/c1-13-19-14(12-24-13)11-18-17(22)21-8-6-20(7-9-21)15-4-3-5-16(10-15)23-2/h3-5,10,12H,6-9,11H2,1-2H3,(H,18,22). The molecule has 2 amide bonds. The summed E-state index contributed by atoms with van der Waals surface area (Å²) in [6.07, 6.45) is 0. The van der Waals surface area contributed by atoms with Crippen LogP contribution in [0.5, 0.6) is 5.75 Å². The third-order valence-corrected chi connectivity index (χ3v) is 4.89. The van der Waals surface area contributed by atoms with Crippen molar-refractivity contribution in [2.24, 2.45) is 0 Å². The van der Waals surface area contributed by atoms with Crippen LogP contribution < -0.4 is 15.0 Å². The van der Waals surface area contributed by atoms with Gasteiger partial charge in [0.1, 0.15) is 5.75 Å². The van der Waals surface area contributed by atoms with Gasteiger partial charge in [-0.05, 0) is 19.1 Å². The van der Waals surface area contributed by atoms with Gasteiger partial charge in [-0.15, -0.1) is 11.3 Å². The van der Waals surface area contributed by atoms with Crippen LogP contribution in [-0.4, -0.2) is 49.2 Å². The van der Waals surface area contributed by atoms with Crippen molar-refractivity contribution in [1.29, 1.82) is 0 Å². The molecule has 1 saturated heterocycles. The summed E-state index contributed by atoms with van der Waals surface area (Å²) in [7, 11) is 1.67. The van der Waals surface area contributed by atoms with Crippen LogP contribution in [0.2, 0.25) is 0 Å². The van der Waals surface area contributed by atoms with Crippen LogP contribution in [0.3, 0.4) is 0 Å². The topological polar surface area (TPSA) is 57.7 Å². The molecule has 0 unspecified atom stereocenters. The maximum atomic E-state index is 12.3. The van der Waals surface area contributed by atoms with Crippen molar-refractivity contribution in [3.05, 3.63) is 40.3 Å². The summed E-state index contributed by atoms with van der Waals surface area (Å²) in [5.74, 6) is 0.853. The van der Waals surface area contributed by atoms with Gasteiger partial charge in [-0.25, -0.2) is 9.78 Å². The number of nitrogens with one attached hydrogen (secondary N) is 1. The Bertz CT molecular complexity index is 695. The van der Waals surface area contributed by atoms with Crippen LogP contribution in [0, 0.1) is 6.92 Å². The van der Waals surface area contributed by atoms with Gasteiger partial charge in [0, 0.05) is 43.3 Å². The van der Waals surface area contributed by atoms with Crippen LogP contribution in [-0.2, 0) is 6.54 Å². The maximum absolute atomic E-state index is 12.3. The lowest BCUT2D eigenvalue weighted by Gasteiger charge is -2.36. The monoisotopic (exact) mass is 346 g/mol. The van der Waals surface area contributed by atoms with Gasteiger partial charge in [-0.3, -0.25) is 0 Å². The number of anilines is 1. The summed E-state index contributed by atoms with van der Waals surface area (Å²) in [6, 6.07) is 8.01. The molecule has 2 aromatic rings. The molecule has 0 aliphatic carbocycles. The highest BCUT2D eigenvalue weighted by molar-refractivity contribution is 7.09. The Kier molecular flexibility index (Phi) is 5.20. The van der Waals surface area contributed by atoms with Gasteiger partial charge in [-0.2, -0.15) is 0 Å². The highest BCUT2D eigenvalue weighted by Gasteiger charge is 2.21. The van der Waals surface area contributed by atoms with E-state index in [9.17, 15) is 4.79 Å². The van der Waals surface area contributed by atoms with Crippen LogP contribution in [0.15, 0.2) is 29.6 Å². The second kappa shape index (κ2) is 7.53. The second-order valence-electron chi connectivity index (χ2n) is 5.69. The van der Waals surface area contributed by atoms with Crippen LogP contribution >= 0.6 is 11.3 Å². The maximum Gasteiger partial charge on any atom is 0.317 e. The molecule has 24 heavy (non-hydrogen) atoms. The Morgan fingerprint density at radius 1 is 1.33 bits per heavy atom. The molecule has 6 nitrogen and oxygen atoms in total. The lowest BCUT2D eigenvalue weighted by molar-refractivity contribution is 0.194. The third kappa shape index (κ3) is 3.97. The van der Waals surface area contributed by atoms with Crippen molar-refractivity contribution in [2.75, 3.05) is 38.2 Å². The van der Waals surface area contributed by atoms with E-state index in [1.165, 1.54) is 0 Å². The number of urea groups is 1. The van der Waals surface area contributed by atoms with Gasteiger partial charge in [0.05, 0.1) is 24.4 Å². The van der Waals surface area contributed by atoms with Crippen LogP contribution in [0.4, 0.5) is 10.5 Å². The van der Waals surface area contributed by atoms with Crippen LogP contribution in [0.1, 0.15) is 10.7 Å². The van der Waals surface area contributed by atoms with Crippen molar-refractivity contribution < 1.29 is 9.53 Å². The number of carbonyl (C=O) groups is 1. The van der Waals surface area contributed by atoms with Gasteiger partial charge in [0.15, 0.2) is 0 Å². The number of amides is 2.